The van der Waals surface area contributed by atoms with E-state index in [1.807, 2.05) is 29.8 Å². The zero-order valence-electron chi connectivity index (χ0n) is 13.5. The highest BCUT2D eigenvalue weighted by atomic mass is 35.5. The molecule has 0 saturated heterocycles. The third-order valence-electron chi connectivity index (χ3n) is 4.16. The van der Waals surface area contributed by atoms with Gasteiger partial charge in [0.05, 0.1) is 23.9 Å². The van der Waals surface area contributed by atoms with E-state index in [2.05, 4.69) is 17.1 Å². The molecule has 3 N–H and O–H groups in total. The fraction of sp³-hybridized carbons (Fsp3) is 0.158. The minimum Gasteiger partial charge on any atom is -0.396 e. The number of nitrogens with zero attached hydrogens (tertiary/aromatic N) is 2. The van der Waals surface area contributed by atoms with Crippen molar-refractivity contribution in [1.29, 1.82) is 5.41 Å². The Labute approximate surface area is 146 Å². The zero-order valence-corrected chi connectivity index (χ0v) is 14.2. The molecule has 0 unspecified atom stereocenters. The third kappa shape index (κ3) is 3.19. The second kappa shape index (κ2) is 6.89. The Hall–Kier alpha value is -2.59. The Kier molecular flexibility index (Phi) is 4.67. The second-order valence-corrected chi connectivity index (χ2v) is 6.20. The van der Waals surface area contributed by atoms with Gasteiger partial charge in [0.2, 0.25) is 0 Å². The molecular formula is C19H19ClN4. The lowest BCUT2D eigenvalue weighted by Crippen LogP contribution is -2.06. The van der Waals surface area contributed by atoms with E-state index < -0.39 is 0 Å². The maximum Gasteiger partial charge on any atom is 0.0948 e. The first-order valence-corrected chi connectivity index (χ1v) is 8.11. The predicted octanol–water partition coefficient (Wildman–Crippen LogP) is 3.98. The van der Waals surface area contributed by atoms with Crippen molar-refractivity contribution in [3.63, 3.8) is 0 Å². The molecule has 0 aliphatic heterocycles. The lowest BCUT2D eigenvalue weighted by atomic mass is 9.97. The van der Waals surface area contributed by atoms with E-state index in [1.54, 1.807) is 18.6 Å². The molecule has 5 heteroatoms. The number of benzene rings is 1. The molecule has 1 aliphatic carbocycles. The van der Waals surface area contributed by atoms with E-state index in [0.29, 0.717) is 10.7 Å². The van der Waals surface area contributed by atoms with Crippen LogP contribution in [0, 0.1) is 5.41 Å². The van der Waals surface area contributed by atoms with E-state index in [9.17, 15) is 0 Å². The van der Waals surface area contributed by atoms with Crippen molar-refractivity contribution in [3.8, 4) is 0 Å². The number of allylic oxidation sites excluding steroid dienone is 5. The molecule has 4 nitrogen and oxygen atoms in total. The summed E-state index contributed by atoms with van der Waals surface area (Å²) < 4.78 is 1.90. The van der Waals surface area contributed by atoms with E-state index in [0.717, 1.165) is 35.2 Å². The van der Waals surface area contributed by atoms with E-state index in [4.69, 9.17) is 22.7 Å². The van der Waals surface area contributed by atoms with Crippen LogP contribution in [0.4, 0.5) is 0 Å². The van der Waals surface area contributed by atoms with Crippen LogP contribution < -0.4 is 5.73 Å². The highest BCUT2D eigenvalue weighted by Gasteiger charge is 2.17. The Balaban J connectivity index is 2.24. The summed E-state index contributed by atoms with van der Waals surface area (Å²) in [5, 5.41) is 7.90. The first kappa shape index (κ1) is 16.3. The normalized spacial score (nSPS) is 16.5. The molecule has 3 rings (SSSR count). The summed E-state index contributed by atoms with van der Waals surface area (Å²) in [6.45, 7) is 0. The fourth-order valence-electron chi connectivity index (χ4n) is 2.91. The smallest absolute Gasteiger partial charge is 0.0948 e. The number of fused-ring (bicyclic) bond motifs is 1. The lowest BCUT2D eigenvalue weighted by molar-refractivity contribution is 0.895. The van der Waals surface area contributed by atoms with Gasteiger partial charge in [0, 0.05) is 23.9 Å². The van der Waals surface area contributed by atoms with E-state index in [-0.39, 0.29) is 0 Å². The number of aryl methyl sites for hydroxylation is 2. The highest BCUT2D eigenvalue weighted by molar-refractivity contribution is 6.30. The Morgan fingerprint density at radius 2 is 2.21 bits per heavy atom. The topological polar surface area (TPSA) is 67.7 Å². The standard InChI is InChI=1S/C19H19ClN4/c1-24-12-23-11-18(24)19(22)17-9-13(3-2-8-21)4-5-14-6-7-15(20)10-16(14)17/h2-3,6-12,21H,4-5,22H2,1H3. The molecule has 24 heavy (non-hydrogen) atoms. The average molecular weight is 339 g/mol. The van der Waals surface area contributed by atoms with E-state index >= 15 is 0 Å². The SMILES string of the molecule is Cn1cncc1C(N)=C1C=C(C=CC=N)CCc2ccc(Cl)cc21. The summed E-state index contributed by atoms with van der Waals surface area (Å²) in [5.41, 5.74) is 12.4. The average Bonchev–Trinajstić information content (AvgIpc) is 2.91. The van der Waals surface area contributed by atoms with Crippen LogP contribution in [-0.2, 0) is 13.5 Å². The van der Waals surface area contributed by atoms with Crippen LogP contribution in [0.2, 0.25) is 5.02 Å². The molecule has 1 aromatic heterocycles. The van der Waals surface area contributed by atoms with Crippen LogP contribution in [0.1, 0.15) is 23.2 Å². The summed E-state index contributed by atoms with van der Waals surface area (Å²) in [7, 11) is 1.92. The summed E-state index contributed by atoms with van der Waals surface area (Å²) >= 11 is 6.23. The lowest BCUT2D eigenvalue weighted by Gasteiger charge is -2.12. The van der Waals surface area contributed by atoms with Gasteiger partial charge >= 0.3 is 0 Å². The number of nitrogens with one attached hydrogen (secondary N) is 1. The van der Waals surface area contributed by atoms with Gasteiger partial charge in [0.25, 0.3) is 0 Å². The number of aromatic nitrogens is 2. The minimum absolute atomic E-state index is 0.668. The summed E-state index contributed by atoms with van der Waals surface area (Å²) in [5.74, 6) is 0. The van der Waals surface area contributed by atoms with Gasteiger partial charge in [-0.05, 0) is 53.8 Å². The van der Waals surface area contributed by atoms with Crippen LogP contribution >= 0.6 is 11.6 Å². The van der Waals surface area contributed by atoms with Crippen molar-refractivity contribution < 1.29 is 0 Å². The minimum atomic E-state index is 0.668. The maximum absolute atomic E-state index is 7.20. The summed E-state index contributed by atoms with van der Waals surface area (Å²) in [6, 6.07) is 5.94. The molecule has 0 atom stereocenters. The number of hydrogen-bond donors (Lipinski definition) is 2. The van der Waals surface area contributed by atoms with Gasteiger partial charge in [-0.2, -0.15) is 0 Å². The maximum atomic E-state index is 7.20. The quantitative estimate of drug-likeness (QED) is 0.831. The monoisotopic (exact) mass is 338 g/mol. The van der Waals surface area contributed by atoms with Crippen molar-refractivity contribution in [2.75, 3.05) is 0 Å². The molecule has 0 bridgehead atoms. The van der Waals surface area contributed by atoms with Gasteiger partial charge in [0.1, 0.15) is 0 Å². The Morgan fingerprint density at radius 3 is 2.92 bits per heavy atom. The van der Waals surface area contributed by atoms with Gasteiger partial charge in [-0.15, -0.1) is 0 Å². The number of rotatable bonds is 3. The van der Waals surface area contributed by atoms with Gasteiger partial charge in [-0.1, -0.05) is 23.7 Å². The van der Waals surface area contributed by atoms with Gasteiger partial charge in [-0.3, -0.25) is 0 Å². The number of halogens is 1. The molecule has 0 amide bonds. The molecule has 122 valence electrons. The largest absolute Gasteiger partial charge is 0.396 e. The molecule has 0 spiro atoms. The Morgan fingerprint density at radius 1 is 1.38 bits per heavy atom. The molecule has 0 saturated carbocycles. The molecule has 2 aromatic rings. The van der Waals surface area contributed by atoms with Crippen molar-refractivity contribution in [2.24, 2.45) is 12.8 Å². The third-order valence-corrected chi connectivity index (χ3v) is 4.40. The predicted molar refractivity (Wildman–Crippen MR) is 100.0 cm³/mol. The number of imidazole rings is 1. The summed E-state index contributed by atoms with van der Waals surface area (Å²) in [6.07, 6.45) is 12.3. The summed E-state index contributed by atoms with van der Waals surface area (Å²) in [4.78, 5) is 4.16. The fourth-order valence-corrected chi connectivity index (χ4v) is 3.08. The highest BCUT2D eigenvalue weighted by Crippen LogP contribution is 2.34. The molecule has 1 heterocycles. The van der Waals surface area contributed by atoms with Crippen molar-refractivity contribution >= 4 is 29.1 Å². The molecule has 1 aliphatic rings. The Bertz CT molecular complexity index is 871. The van der Waals surface area contributed by atoms with Gasteiger partial charge < -0.3 is 15.7 Å². The first-order chi connectivity index (χ1) is 11.6. The van der Waals surface area contributed by atoms with E-state index in [1.165, 1.54) is 11.8 Å². The van der Waals surface area contributed by atoms with Crippen LogP contribution in [0.3, 0.4) is 0 Å². The van der Waals surface area contributed by atoms with Gasteiger partial charge in [-0.25, -0.2) is 4.98 Å². The first-order valence-electron chi connectivity index (χ1n) is 7.73. The van der Waals surface area contributed by atoms with Crippen molar-refractivity contribution in [3.05, 3.63) is 76.4 Å². The van der Waals surface area contributed by atoms with Crippen molar-refractivity contribution in [1.82, 2.24) is 9.55 Å². The van der Waals surface area contributed by atoms with Gasteiger partial charge in [0.15, 0.2) is 0 Å². The van der Waals surface area contributed by atoms with Crippen molar-refractivity contribution in [2.45, 2.75) is 12.8 Å². The van der Waals surface area contributed by atoms with Crippen LogP contribution in [0.15, 0.2) is 54.5 Å². The molecule has 0 fully saturated rings. The molecule has 1 aromatic carbocycles. The molecule has 0 radical (unpaired) electrons. The van der Waals surface area contributed by atoms with Crippen LogP contribution in [0.5, 0.6) is 0 Å². The molecular weight excluding hydrogens is 320 g/mol. The zero-order chi connectivity index (χ0) is 17.1. The van der Waals surface area contributed by atoms with Crippen LogP contribution in [-0.4, -0.2) is 15.8 Å². The second-order valence-electron chi connectivity index (χ2n) is 5.76. The van der Waals surface area contributed by atoms with Crippen LogP contribution in [0.25, 0.3) is 11.3 Å². The number of nitrogens with two attached hydrogens (primary N) is 1. The number of hydrogen-bond acceptors (Lipinski definition) is 3.